The maximum absolute atomic E-state index is 13.7. The van der Waals surface area contributed by atoms with Crippen molar-refractivity contribution in [2.75, 3.05) is 5.32 Å². The number of benzene rings is 2. The topological polar surface area (TPSA) is 24.9 Å². The van der Waals surface area contributed by atoms with E-state index in [-0.39, 0.29) is 5.82 Å². The Hall–Kier alpha value is -1.65. The van der Waals surface area contributed by atoms with Crippen LogP contribution in [0.5, 0.6) is 0 Å². The summed E-state index contributed by atoms with van der Waals surface area (Å²) in [6, 6.07) is 12.6. The Morgan fingerprint density at radius 3 is 2.89 bits per heavy atom. The molecule has 0 spiro atoms. The average molecular weight is 293 g/mol. The molecule has 5 heteroatoms. The normalized spacial score (nSPS) is 10.8. The van der Waals surface area contributed by atoms with E-state index in [0.717, 1.165) is 15.9 Å². The molecular formula is C14H10ClFN2S. The predicted octanol–water partition coefficient (Wildman–Crippen LogP) is 4.70. The summed E-state index contributed by atoms with van der Waals surface area (Å²) in [6.07, 6.45) is 0. The van der Waals surface area contributed by atoms with E-state index in [1.165, 1.54) is 17.6 Å². The van der Waals surface area contributed by atoms with Crippen LogP contribution in [0.2, 0.25) is 5.02 Å². The molecule has 0 saturated heterocycles. The third kappa shape index (κ3) is 2.55. The van der Waals surface area contributed by atoms with Crippen LogP contribution in [0.1, 0.15) is 5.56 Å². The van der Waals surface area contributed by atoms with Crippen molar-refractivity contribution < 1.29 is 4.39 Å². The van der Waals surface area contributed by atoms with Crippen LogP contribution >= 0.6 is 23.1 Å². The zero-order valence-electron chi connectivity index (χ0n) is 9.86. The molecule has 0 aliphatic heterocycles. The fraction of sp³-hybridized carbons (Fsp3) is 0.0714. The molecule has 0 amide bonds. The van der Waals surface area contributed by atoms with Gasteiger partial charge in [-0.15, -0.1) is 0 Å². The highest BCUT2D eigenvalue weighted by Crippen LogP contribution is 2.26. The first-order chi connectivity index (χ1) is 9.24. The van der Waals surface area contributed by atoms with Gasteiger partial charge in [0.2, 0.25) is 0 Å². The largest absolute Gasteiger partial charge is 0.365 e. The van der Waals surface area contributed by atoms with E-state index < -0.39 is 0 Å². The standard InChI is InChI=1S/C14H10ClFN2S/c15-10-6-5-9(12(16)7-10)8-17-14-11-3-1-2-4-13(11)19-18-14/h1-7H,8H2,(H,17,18). The maximum Gasteiger partial charge on any atom is 0.147 e. The zero-order chi connectivity index (χ0) is 13.2. The highest BCUT2D eigenvalue weighted by Gasteiger charge is 2.07. The van der Waals surface area contributed by atoms with E-state index in [1.54, 1.807) is 12.1 Å². The van der Waals surface area contributed by atoms with Crippen molar-refractivity contribution in [3.8, 4) is 0 Å². The zero-order valence-corrected chi connectivity index (χ0v) is 11.4. The molecule has 0 saturated carbocycles. The highest BCUT2D eigenvalue weighted by atomic mass is 35.5. The molecule has 0 unspecified atom stereocenters. The van der Waals surface area contributed by atoms with E-state index in [2.05, 4.69) is 9.69 Å². The van der Waals surface area contributed by atoms with Crippen LogP contribution in [0.25, 0.3) is 10.1 Å². The van der Waals surface area contributed by atoms with E-state index in [4.69, 9.17) is 11.6 Å². The molecule has 0 aliphatic carbocycles. The number of rotatable bonds is 3. The van der Waals surface area contributed by atoms with Gasteiger partial charge in [0.25, 0.3) is 0 Å². The fourth-order valence-electron chi connectivity index (χ4n) is 1.86. The summed E-state index contributed by atoms with van der Waals surface area (Å²) in [5.74, 6) is 0.481. The van der Waals surface area contributed by atoms with Gasteiger partial charge in [0, 0.05) is 22.5 Å². The van der Waals surface area contributed by atoms with Crippen LogP contribution in [0.4, 0.5) is 10.2 Å². The van der Waals surface area contributed by atoms with Gasteiger partial charge in [0.05, 0.1) is 4.70 Å². The van der Waals surface area contributed by atoms with Gasteiger partial charge in [-0.1, -0.05) is 29.8 Å². The molecule has 0 radical (unpaired) electrons. The second-order valence-corrected chi connectivity index (χ2v) is 5.36. The van der Waals surface area contributed by atoms with Gasteiger partial charge in [-0.25, -0.2) is 4.39 Å². The van der Waals surface area contributed by atoms with E-state index in [9.17, 15) is 4.39 Å². The van der Waals surface area contributed by atoms with Gasteiger partial charge in [0.15, 0.2) is 0 Å². The minimum absolute atomic E-state index is 0.306. The molecule has 0 fully saturated rings. The summed E-state index contributed by atoms with van der Waals surface area (Å²) in [4.78, 5) is 0. The minimum atomic E-state index is -0.306. The lowest BCUT2D eigenvalue weighted by molar-refractivity contribution is 0.613. The Bertz CT molecular complexity index is 726. The summed E-state index contributed by atoms with van der Waals surface area (Å²) < 4.78 is 19.1. The van der Waals surface area contributed by atoms with Crippen molar-refractivity contribution in [2.24, 2.45) is 0 Å². The average Bonchev–Trinajstić information content (AvgIpc) is 2.81. The van der Waals surface area contributed by atoms with Crippen LogP contribution in [0.15, 0.2) is 42.5 Å². The van der Waals surface area contributed by atoms with Crippen LogP contribution in [0, 0.1) is 5.82 Å². The van der Waals surface area contributed by atoms with Crippen molar-refractivity contribution in [2.45, 2.75) is 6.54 Å². The van der Waals surface area contributed by atoms with Gasteiger partial charge in [-0.3, -0.25) is 0 Å². The quantitative estimate of drug-likeness (QED) is 0.757. The molecular weight excluding hydrogens is 283 g/mol. The summed E-state index contributed by atoms with van der Waals surface area (Å²) in [5, 5.41) is 4.62. The van der Waals surface area contributed by atoms with E-state index in [1.807, 2.05) is 24.3 Å². The van der Waals surface area contributed by atoms with Crippen LogP contribution in [-0.2, 0) is 6.54 Å². The molecule has 1 aromatic heterocycles. The Morgan fingerprint density at radius 1 is 1.21 bits per heavy atom. The first-order valence-electron chi connectivity index (χ1n) is 5.76. The van der Waals surface area contributed by atoms with Crippen LogP contribution < -0.4 is 5.32 Å². The molecule has 1 N–H and O–H groups in total. The van der Waals surface area contributed by atoms with Crippen LogP contribution in [-0.4, -0.2) is 4.37 Å². The van der Waals surface area contributed by atoms with Crippen molar-refractivity contribution in [1.82, 2.24) is 4.37 Å². The van der Waals surface area contributed by atoms with Crippen molar-refractivity contribution in [3.63, 3.8) is 0 Å². The molecule has 0 bridgehead atoms. The number of hydrogen-bond acceptors (Lipinski definition) is 3. The molecule has 0 aliphatic rings. The lowest BCUT2D eigenvalue weighted by Gasteiger charge is -2.05. The first kappa shape index (κ1) is 12.4. The summed E-state index contributed by atoms with van der Waals surface area (Å²) in [6.45, 7) is 0.386. The number of aromatic nitrogens is 1. The summed E-state index contributed by atoms with van der Waals surface area (Å²) in [5.41, 5.74) is 0.571. The number of hydrogen-bond donors (Lipinski definition) is 1. The molecule has 3 aromatic rings. The van der Waals surface area contributed by atoms with Crippen molar-refractivity contribution in [1.29, 1.82) is 0 Å². The Kier molecular flexibility index (Phi) is 3.36. The smallest absolute Gasteiger partial charge is 0.147 e. The highest BCUT2D eigenvalue weighted by molar-refractivity contribution is 7.13. The number of nitrogens with one attached hydrogen (secondary N) is 1. The third-order valence-electron chi connectivity index (χ3n) is 2.84. The van der Waals surface area contributed by atoms with E-state index >= 15 is 0 Å². The SMILES string of the molecule is Fc1cc(Cl)ccc1CNc1nsc2ccccc12. The summed E-state index contributed by atoms with van der Waals surface area (Å²) in [7, 11) is 0. The van der Waals surface area contributed by atoms with Gasteiger partial charge in [0.1, 0.15) is 11.6 Å². The molecule has 2 nitrogen and oxygen atoms in total. The lowest BCUT2D eigenvalue weighted by atomic mass is 10.2. The van der Waals surface area contributed by atoms with Gasteiger partial charge >= 0.3 is 0 Å². The van der Waals surface area contributed by atoms with Gasteiger partial charge in [-0.2, -0.15) is 4.37 Å². The second-order valence-electron chi connectivity index (χ2n) is 4.12. The van der Waals surface area contributed by atoms with E-state index in [0.29, 0.717) is 17.1 Å². The molecule has 1 heterocycles. The monoisotopic (exact) mass is 292 g/mol. The Labute approximate surface area is 119 Å². The number of anilines is 1. The Morgan fingerprint density at radius 2 is 2.05 bits per heavy atom. The predicted molar refractivity (Wildman–Crippen MR) is 78.4 cm³/mol. The molecule has 0 atom stereocenters. The van der Waals surface area contributed by atoms with Crippen molar-refractivity contribution >= 4 is 39.0 Å². The van der Waals surface area contributed by atoms with Gasteiger partial charge in [-0.05, 0) is 35.8 Å². The van der Waals surface area contributed by atoms with Crippen molar-refractivity contribution in [3.05, 3.63) is 58.9 Å². The molecule has 19 heavy (non-hydrogen) atoms. The first-order valence-corrected chi connectivity index (χ1v) is 6.91. The number of halogens is 2. The maximum atomic E-state index is 13.7. The third-order valence-corrected chi connectivity index (χ3v) is 3.90. The number of nitrogens with zero attached hydrogens (tertiary/aromatic N) is 1. The molecule has 2 aromatic carbocycles. The minimum Gasteiger partial charge on any atom is -0.365 e. The van der Waals surface area contributed by atoms with Crippen LogP contribution in [0.3, 0.4) is 0 Å². The summed E-state index contributed by atoms with van der Waals surface area (Å²) >= 11 is 7.15. The molecule has 96 valence electrons. The lowest BCUT2D eigenvalue weighted by Crippen LogP contribution is -2.02. The molecule has 3 rings (SSSR count). The van der Waals surface area contributed by atoms with Gasteiger partial charge < -0.3 is 5.32 Å². The Balaban J connectivity index is 1.82. The second kappa shape index (κ2) is 5.15. The fourth-order valence-corrected chi connectivity index (χ4v) is 2.77. The number of fused-ring (bicyclic) bond motifs is 1.